The summed E-state index contributed by atoms with van der Waals surface area (Å²) >= 11 is 0. The van der Waals surface area contributed by atoms with Crippen LogP contribution in [-0.4, -0.2) is 23.4 Å². The fourth-order valence-corrected chi connectivity index (χ4v) is 7.58. The summed E-state index contributed by atoms with van der Waals surface area (Å²) < 4.78 is 5.96. The van der Waals surface area contributed by atoms with Gasteiger partial charge in [0.2, 0.25) is 5.91 Å². The Bertz CT molecular complexity index is 565. The quantitative estimate of drug-likeness (QED) is 0.866. The first-order valence-corrected chi connectivity index (χ1v) is 12.2. The van der Waals surface area contributed by atoms with Crippen LogP contribution in [0.5, 0.6) is 0 Å². The predicted octanol–water partition coefficient (Wildman–Crippen LogP) is 3.35. The number of carbonyl (C=O) groups excluding carboxylic acids is 1. The van der Waals surface area contributed by atoms with Gasteiger partial charge in [-0.1, -0.05) is 23.8 Å². The van der Waals surface area contributed by atoms with Gasteiger partial charge in [-0.15, -0.1) is 0 Å². The molecule has 3 nitrogen and oxygen atoms in total. The third-order valence-corrected chi connectivity index (χ3v) is 7.68. The molecule has 1 aliphatic carbocycles. The summed E-state index contributed by atoms with van der Waals surface area (Å²) in [5.41, 5.74) is 4.39. The lowest BCUT2D eigenvalue weighted by atomic mass is 10.0. The summed E-state index contributed by atoms with van der Waals surface area (Å²) in [4.78, 5) is 15.7. The van der Waals surface area contributed by atoms with Crippen LogP contribution in [0, 0.1) is 0 Å². The Morgan fingerprint density at radius 1 is 1.35 bits per heavy atom. The zero-order valence-corrected chi connectivity index (χ0v) is 14.8. The van der Waals surface area contributed by atoms with Crippen LogP contribution >= 0.6 is 0 Å². The molecule has 0 saturated heterocycles. The molecule has 1 aliphatic rings. The molecule has 2 rings (SSSR count). The van der Waals surface area contributed by atoms with Crippen molar-refractivity contribution in [2.24, 2.45) is 0 Å². The highest BCUT2D eigenvalue weighted by atomic mass is 28.4. The van der Waals surface area contributed by atoms with Crippen LogP contribution in [0.1, 0.15) is 28.4 Å². The maximum atomic E-state index is 12.5. The van der Waals surface area contributed by atoms with E-state index in [0.29, 0.717) is 0 Å². The van der Waals surface area contributed by atoms with Gasteiger partial charge in [0.25, 0.3) is 8.48 Å². The fourth-order valence-electron chi connectivity index (χ4n) is 2.61. The molecule has 1 amide bonds. The second kappa shape index (κ2) is 5.67. The van der Waals surface area contributed by atoms with Gasteiger partial charge in [0.1, 0.15) is 0 Å². The number of nitrogens with one attached hydrogen (secondary N) is 1. The van der Waals surface area contributed by atoms with Crippen LogP contribution < -0.4 is 4.98 Å². The fraction of sp³-hybridized carbons (Fsp3) is 0.400. The molecule has 0 saturated carbocycles. The van der Waals surface area contributed by atoms with Crippen LogP contribution in [0.15, 0.2) is 23.8 Å². The van der Waals surface area contributed by atoms with Crippen LogP contribution in [-0.2, 0) is 10.5 Å². The van der Waals surface area contributed by atoms with Gasteiger partial charge < -0.3 is 9.10 Å². The van der Waals surface area contributed by atoms with Crippen LogP contribution in [0.2, 0.25) is 26.2 Å². The van der Waals surface area contributed by atoms with Crippen molar-refractivity contribution in [3.8, 4) is 0 Å². The van der Waals surface area contributed by atoms with Crippen molar-refractivity contribution in [3.05, 3.63) is 40.5 Å². The van der Waals surface area contributed by atoms with E-state index in [1.165, 1.54) is 11.1 Å². The zero-order chi connectivity index (χ0) is 14.9. The molecule has 0 atom stereocenters. The molecule has 0 aromatic heterocycles. The molecule has 1 aromatic rings. The standard InChI is InChI=1S/C15H22NO2Si2/c1-11-9-12-7-6-8-13(14(12)10-11)15(17)16-20(4,5)18-19(2)3/h6-8,10H,9H2,1-5H3,(H,16,17). The average Bonchev–Trinajstić information content (AvgIpc) is 2.65. The molecule has 20 heavy (non-hydrogen) atoms. The van der Waals surface area contributed by atoms with Gasteiger partial charge in [-0.05, 0) is 56.7 Å². The minimum absolute atomic E-state index is 0.00674. The first kappa shape index (κ1) is 15.2. The highest BCUT2D eigenvalue weighted by molar-refractivity contribution is 6.77. The smallest absolute Gasteiger partial charge is 0.283 e. The first-order valence-electron chi connectivity index (χ1n) is 6.89. The van der Waals surface area contributed by atoms with Gasteiger partial charge in [0.05, 0.1) is 0 Å². The molecule has 0 aliphatic heterocycles. The van der Waals surface area contributed by atoms with Crippen molar-refractivity contribution >= 4 is 29.5 Å². The maximum Gasteiger partial charge on any atom is 0.283 e. The number of rotatable bonds is 4. The van der Waals surface area contributed by atoms with Crippen LogP contribution in [0.4, 0.5) is 0 Å². The maximum absolute atomic E-state index is 12.5. The van der Waals surface area contributed by atoms with Crippen LogP contribution in [0.3, 0.4) is 0 Å². The van der Waals surface area contributed by atoms with Gasteiger partial charge >= 0.3 is 0 Å². The molecular formula is C15H22NO2Si2. The van der Waals surface area contributed by atoms with E-state index in [1.807, 2.05) is 25.2 Å². The van der Waals surface area contributed by atoms with Crippen molar-refractivity contribution < 1.29 is 8.91 Å². The highest BCUT2D eigenvalue weighted by Crippen LogP contribution is 2.27. The average molecular weight is 305 g/mol. The molecule has 5 heteroatoms. The molecule has 1 N–H and O–H groups in total. The van der Waals surface area contributed by atoms with Crippen molar-refractivity contribution in [2.45, 2.75) is 39.5 Å². The number of amides is 1. The first-order chi connectivity index (χ1) is 9.28. The lowest BCUT2D eigenvalue weighted by Crippen LogP contribution is -2.53. The number of hydrogen-bond donors (Lipinski definition) is 1. The Labute approximate surface area is 124 Å². The Hall–Kier alpha value is -1.18. The summed E-state index contributed by atoms with van der Waals surface area (Å²) in [6.45, 7) is 10.4. The summed E-state index contributed by atoms with van der Waals surface area (Å²) in [5.74, 6) is -0.00674. The summed E-state index contributed by atoms with van der Waals surface area (Å²) in [6, 6.07) is 5.96. The van der Waals surface area contributed by atoms with E-state index in [4.69, 9.17) is 4.12 Å². The zero-order valence-electron chi connectivity index (χ0n) is 12.8. The molecular weight excluding hydrogens is 282 g/mol. The number of carbonyl (C=O) groups is 1. The van der Waals surface area contributed by atoms with Crippen molar-refractivity contribution in [2.75, 3.05) is 0 Å². The third-order valence-electron chi connectivity index (χ3n) is 3.17. The van der Waals surface area contributed by atoms with Gasteiger partial charge in [0.15, 0.2) is 9.04 Å². The molecule has 0 heterocycles. The minimum Gasteiger partial charge on any atom is -0.441 e. The second-order valence-electron chi connectivity index (χ2n) is 6.02. The molecule has 0 spiro atoms. The second-order valence-corrected chi connectivity index (χ2v) is 11.9. The van der Waals surface area contributed by atoms with Gasteiger partial charge in [-0.25, -0.2) is 0 Å². The Morgan fingerprint density at radius 3 is 2.70 bits per heavy atom. The highest BCUT2D eigenvalue weighted by Gasteiger charge is 2.29. The van der Waals surface area contributed by atoms with Crippen molar-refractivity contribution in [3.63, 3.8) is 0 Å². The monoisotopic (exact) mass is 304 g/mol. The molecule has 107 valence electrons. The number of allylic oxidation sites excluding steroid dienone is 1. The van der Waals surface area contributed by atoms with Crippen molar-refractivity contribution in [1.82, 2.24) is 4.98 Å². The van der Waals surface area contributed by atoms with Gasteiger partial charge in [-0.2, -0.15) is 0 Å². The SMILES string of the molecule is CC1=Cc2c(cccc2C(=O)N[Si](C)(C)O[Si](C)C)C1. The molecule has 1 aromatic carbocycles. The lowest BCUT2D eigenvalue weighted by molar-refractivity contribution is 0.0973. The van der Waals surface area contributed by atoms with E-state index in [9.17, 15) is 4.79 Å². The predicted molar refractivity (Wildman–Crippen MR) is 87.3 cm³/mol. The number of hydrogen-bond acceptors (Lipinski definition) is 2. The molecule has 1 radical (unpaired) electrons. The summed E-state index contributed by atoms with van der Waals surface area (Å²) in [6.07, 6.45) is 3.07. The van der Waals surface area contributed by atoms with E-state index in [1.54, 1.807) is 0 Å². The molecule has 0 fully saturated rings. The Balaban J connectivity index is 2.21. The van der Waals surface area contributed by atoms with Gasteiger partial charge in [0, 0.05) is 5.56 Å². The minimum atomic E-state index is -2.14. The summed E-state index contributed by atoms with van der Waals surface area (Å²) in [5, 5.41) is 0. The van der Waals surface area contributed by atoms with Crippen LogP contribution in [0.25, 0.3) is 6.08 Å². The largest absolute Gasteiger partial charge is 0.441 e. The molecule has 0 bridgehead atoms. The number of fused-ring (bicyclic) bond motifs is 1. The topological polar surface area (TPSA) is 38.3 Å². The van der Waals surface area contributed by atoms with Gasteiger partial charge in [-0.3, -0.25) is 4.79 Å². The Morgan fingerprint density at radius 2 is 2.05 bits per heavy atom. The van der Waals surface area contributed by atoms with Crippen molar-refractivity contribution in [1.29, 1.82) is 0 Å². The Kier molecular flexibility index (Phi) is 4.32. The van der Waals surface area contributed by atoms with E-state index >= 15 is 0 Å². The van der Waals surface area contributed by atoms with E-state index in [-0.39, 0.29) is 5.91 Å². The summed E-state index contributed by atoms with van der Waals surface area (Å²) in [7, 11) is -2.94. The third kappa shape index (κ3) is 3.47. The number of benzene rings is 1. The molecule has 0 unspecified atom stereocenters. The van der Waals surface area contributed by atoms with E-state index < -0.39 is 17.5 Å². The van der Waals surface area contributed by atoms with E-state index in [0.717, 1.165) is 17.5 Å². The van der Waals surface area contributed by atoms with E-state index in [2.05, 4.69) is 37.1 Å². The normalized spacial score (nSPS) is 14.2. The lowest BCUT2D eigenvalue weighted by Gasteiger charge is -2.26.